The number of hydrogen-bond acceptors (Lipinski definition) is 3. The van der Waals surface area contributed by atoms with Gasteiger partial charge in [-0.1, -0.05) is 12.1 Å². The van der Waals surface area contributed by atoms with Crippen LogP contribution in [0.5, 0.6) is 0 Å². The maximum Gasteiger partial charge on any atom is 0.234 e. The molecule has 118 valence electrons. The van der Waals surface area contributed by atoms with E-state index in [9.17, 15) is 9.18 Å². The summed E-state index contributed by atoms with van der Waals surface area (Å²) >= 11 is 0. The molecule has 1 fully saturated rings. The largest absolute Gasteiger partial charge is 0.348 e. The number of rotatable bonds is 4. The van der Waals surface area contributed by atoms with Gasteiger partial charge in [-0.05, 0) is 31.5 Å². The Balaban J connectivity index is 0.00000220. The molecule has 0 spiro atoms. The fourth-order valence-electron chi connectivity index (χ4n) is 2.42. The average molecular weight is 316 g/mol. The van der Waals surface area contributed by atoms with E-state index in [1.54, 1.807) is 12.1 Å². The van der Waals surface area contributed by atoms with Crippen molar-refractivity contribution in [2.45, 2.75) is 25.9 Å². The molecule has 0 saturated carbocycles. The van der Waals surface area contributed by atoms with Gasteiger partial charge in [0.15, 0.2) is 0 Å². The quantitative estimate of drug-likeness (QED) is 0.889. The smallest absolute Gasteiger partial charge is 0.234 e. The maximum absolute atomic E-state index is 12.9. The lowest BCUT2D eigenvalue weighted by molar-refractivity contribution is -0.123. The highest BCUT2D eigenvalue weighted by atomic mass is 35.5. The number of piperazine rings is 1. The average Bonchev–Trinajstić information content (AvgIpc) is 2.42. The van der Waals surface area contributed by atoms with Crippen LogP contribution in [0.4, 0.5) is 4.39 Å². The third kappa shape index (κ3) is 5.26. The molecule has 1 amide bonds. The predicted molar refractivity (Wildman–Crippen MR) is 84.1 cm³/mol. The second kappa shape index (κ2) is 8.32. The summed E-state index contributed by atoms with van der Waals surface area (Å²) in [7, 11) is 0. The summed E-state index contributed by atoms with van der Waals surface area (Å²) in [6.45, 7) is 7.16. The van der Waals surface area contributed by atoms with Crippen molar-refractivity contribution in [3.63, 3.8) is 0 Å². The molecule has 1 aliphatic heterocycles. The van der Waals surface area contributed by atoms with Gasteiger partial charge in [-0.25, -0.2) is 4.39 Å². The van der Waals surface area contributed by atoms with E-state index in [0.717, 1.165) is 25.2 Å². The number of amides is 1. The van der Waals surface area contributed by atoms with E-state index in [2.05, 4.69) is 22.5 Å². The molecule has 1 saturated heterocycles. The first-order valence-electron chi connectivity index (χ1n) is 7.06. The molecular weight excluding hydrogens is 293 g/mol. The Morgan fingerprint density at radius 3 is 2.76 bits per heavy atom. The van der Waals surface area contributed by atoms with Crippen molar-refractivity contribution in [2.75, 3.05) is 26.2 Å². The number of nitrogens with one attached hydrogen (secondary N) is 2. The van der Waals surface area contributed by atoms with E-state index in [-0.39, 0.29) is 30.2 Å². The van der Waals surface area contributed by atoms with Gasteiger partial charge in [0.25, 0.3) is 0 Å². The molecule has 0 aromatic heterocycles. The molecule has 1 aliphatic rings. The lowest BCUT2D eigenvalue weighted by Gasteiger charge is -2.33. The van der Waals surface area contributed by atoms with Crippen LogP contribution in [0.2, 0.25) is 0 Å². The predicted octanol–water partition coefficient (Wildman–Crippen LogP) is 1.72. The van der Waals surface area contributed by atoms with Crippen molar-refractivity contribution >= 4 is 18.3 Å². The SMILES string of the molecule is CC(NC(=O)CN1CCNC[C@H]1C)c1ccc(F)cc1.Cl. The van der Waals surface area contributed by atoms with Gasteiger partial charge in [0.2, 0.25) is 5.91 Å². The van der Waals surface area contributed by atoms with Crippen LogP contribution in [0, 0.1) is 5.82 Å². The molecule has 1 aromatic rings. The summed E-state index contributed by atoms with van der Waals surface area (Å²) in [6, 6.07) is 6.49. The Morgan fingerprint density at radius 2 is 2.14 bits per heavy atom. The number of hydrogen-bond donors (Lipinski definition) is 2. The molecule has 2 rings (SSSR count). The van der Waals surface area contributed by atoms with Gasteiger partial charge in [-0.3, -0.25) is 9.69 Å². The fourth-order valence-corrected chi connectivity index (χ4v) is 2.42. The second-order valence-electron chi connectivity index (χ2n) is 5.36. The first-order chi connectivity index (χ1) is 9.56. The molecule has 1 aromatic carbocycles. The van der Waals surface area contributed by atoms with Crippen molar-refractivity contribution in [2.24, 2.45) is 0 Å². The van der Waals surface area contributed by atoms with E-state index < -0.39 is 0 Å². The Labute approximate surface area is 131 Å². The molecule has 21 heavy (non-hydrogen) atoms. The van der Waals surface area contributed by atoms with Gasteiger partial charge in [0.05, 0.1) is 12.6 Å². The first kappa shape index (κ1) is 17.9. The van der Waals surface area contributed by atoms with E-state index in [1.165, 1.54) is 12.1 Å². The van der Waals surface area contributed by atoms with Crippen molar-refractivity contribution in [1.82, 2.24) is 15.5 Å². The highest BCUT2D eigenvalue weighted by Gasteiger charge is 2.21. The van der Waals surface area contributed by atoms with Gasteiger partial charge in [0.1, 0.15) is 5.82 Å². The Bertz CT molecular complexity index is 455. The van der Waals surface area contributed by atoms with Crippen LogP contribution in [-0.2, 0) is 4.79 Å². The monoisotopic (exact) mass is 315 g/mol. The highest BCUT2D eigenvalue weighted by Crippen LogP contribution is 2.13. The number of benzene rings is 1. The molecule has 0 radical (unpaired) electrons. The zero-order valence-corrected chi connectivity index (χ0v) is 13.3. The minimum Gasteiger partial charge on any atom is -0.348 e. The van der Waals surface area contributed by atoms with Gasteiger partial charge in [-0.15, -0.1) is 12.4 Å². The lowest BCUT2D eigenvalue weighted by Crippen LogP contribution is -2.52. The molecule has 1 heterocycles. The van der Waals surface area contributed by atoms with Crippen LogP contribution in [-0.4, -0.2) is 43.0 Å². The Kier molecular flexibility index (Phi) is 7.08. The van der Waals surface area contributed by atoms with Crippen LogP contribution in [0.3, 0.4) is 0 Å². The summed E-state index contributed by atoms with van der Waals surface area (Å²) < 4.78 is 12.9. The second-order valence-corrected chi connectivity index (χ2v) is 5.36. The van der Waals surface area contributed by atoms with Gasteiger partial charge >= 0.3 is 0 Å². The number of carbonyl (C=O) groups is 1. The minimum absolute atomic E-state index is 0. The molecule has 2 N–H and O–H groups in total. The van der Waals surface area contributed by atoms with Crippen LogP contribution < -0.4 is 10.6 Å². The molecular formula is C15H23ClFN3O. The molecule has 4 nitrogen and oxygen atoms in total. The summed E-state index contributed by atoms with van der Waals surface area (Å²) in [4.78, 5) is 14.2. The first-order valence-corrected chi connectivity index (χ1v) is 7.06. The molecule has 1 unspecified atom stereocenters. The Hall–Kier alpha value is -1.17. The normalized spacial score (nSPS) is 20.4. The van der Waals surface area contributed by atoms with Crippen molar-refractivity contribution < 1.29 is 9.18 Å². The van der Waals surface area contributed by atoms with E-state index in [0.29, 0.717) is 12.6 Å². The van der Waals surface area contributed by atoms with Crippen molar-refractivity contribution in [1.29, 1.82) is 0 Å². The van der Waals surface area contributed by atoms with E-state index >= 15 is 0 Å². The molecule has 0 bridgehead atoms. The third-order valence-corrected chi connectivity index (χ3v) is 3.73. The van der Waals surface area contributed by atoms with Crippen molar-refractivity contribution in [3.8, 4) is 0 Å². The topological polar surface area (TPSA) is 44.4 Å². The summed E-state index contributed by atoms with van der Waals surface area (Å²) in [5.41, 5.74) is 0.910. The number of carbonyl (C=O) groups excluding carboxylic acids is 1. The number of halogens is 2. The van der Waals surface area contributed by atoms with Crippen LogP contribution in [0.25, 0.3) is 0 Å². The van der Waals surface area contributed by atoms with Gasteiger partial charge < -0.3 is 10.6 Å². The van der Waals surface area contributed by atoms with E-state index in [1.807, 2.05) is 6.92 Å². The minimum atomic E-state index is -0.262. The summed E-state index contributed by atoms with van der Waals surface area (Å²) in [6.07, 6.45) is 0. The maximum atomic E-state index is 12.9. The zero-order chi connectivity index (χ0) is 14.5. The Morgan fingerprint density at radius 1 is 1.48 bits per heavy atom. The molecule has 6 heteroatoms. The lowest BCUT2D eigenvalue weighted by atomic mass is 10.1. The van der Waals surface area contributed by atoms with Crippen molar-refractivity contribution in [3.05, 3.63) is 35.6 Å². The zero-order valence-electron chi connectivity index (χ0n) is 12.4. The van der Waals surface area contributed by atoms with E-state index in [4.69, 9.17) is 0 Å². The van der Waals surface area contributed by atoms with Crippen LogP contribution in [0.1, 0.15) is 25.5 Å². The summed E-state index contributed by atoms with van der Waals surface area (Å²) in [5.74, 6) is -0.252. The number of nitrogens with zero attached hydrogens (tertiary/aromatic N) is 1. The summed E-state index contributed by atoms with van der Waals surface area (Å²) in [5, 5.41) is 6.26. The molecule has 2 atom stereocenters. The van der Waals surface area contributed by atoms with Gasteiger partial charge in [-0.2, -0.15) is 0 Å². The van der Waals surface area contributed by atoms with Gasteiger partial charge in [0, 0.05) is 25.7 Å². The standard InChI is InChI=1S/C15H22FN3O.ClH/c1-11-9-17-7-8-19(11)10-15(20)18-12(2)13-3-5-14(16)6-4-13;/h3-6,11-12,17H,7-10H2,1-2H3,(H,18,20);1H/t11-,12?;/m1./s1. The highest BCUT2D eigenvalue weighted by molar-refractivity contribution is 5.85. The van der Waals surface area contributed by atoms with Crippen LogP contribution >= 0.6 is 12.4 Å². The van der Waals surface area contributed by atoms with Crippen LogP contribution in [0.15, 0.2) is 24.3 Å². The third-order valence-electron chi connectivity index (χ3n) is 3.73. The fraction of sp³-hybridized carbons (Fsp3) is 0.533. The molecule has 0 aliphatic carbocycles.